The molecule has 0 saturated carbocycles. The van der Waals surface area contributed by atoms with Crippen LogP contribution in [0.5, 0.6) is 0 Å². The first-order valence-corrected chi connectivity index (χ1v) is 8.05. The maximum Gasteiger partial charge on any atom is 0.364 e. The number of hydrogen-bond acceptors (Lipinski definition) is 6. The quantitative estimate of drug-likeness (QED) is 0.490. The number of carbonyl (C=O) groups is 4. The lowest BCUT2D eigenvalue weighted by Gasteiger charge is -2.09. The van der Waals surface area contributed by atoms with Gasteiger partial charge in [0.2, 0.25) is 0 Å². The number of rotatable bonds is 6. The summed E-state index contributed by atoms with van der Waals surface area (Å²) in [5, 5.41) is 7.99. The molecule has 156 valence electrons. The normalized spacial score (nSPS) is 11.5. The summed E-state index contributed by atoms with van der Waals surface area (Å²) in [5.74, 6) is -1.76. The molecule has 0 aromatic heterocycles. The van der Waals surface area contributed by atoms with E-state index in [4.69, 9.17) is 5.11 Å². The Morgan fingerprint density at radius 1 is 0.846 bits per heavy atom. The number of ketones is 1. The van der Waals surface area contributed by atoms with Crippen LogP contribution in [-0.4, -0.2) is 49.1 Å². The van der Waals surface area contributed by atoms with E-state index < -0.39 is 5.97 Å². The average molecular weight is 400 g/mol. The van der Waals surface area contributed by atoms with E-state index in [1.165, 1.54) is 14.2 Å². The van der Waals surface area contributed by atoms with Crippen LogP contribution in [0.4, 0.5) is 0 Å². The monoisotopic (exact) mass is 399 g/mol. The van der Waals surface area contributed by atoms with Crippen LogP contribution in [0.2, 0.25) is 0 Å². The molecule has 0 radical (unpaired) electrons. The predicted octanol–water partition coefficient (Wildman–Crippen LogP) is -2.07. The minimum absolute atomic E-state index is 0. The molecule has 0 saturated heterocycles. The molecule has 0 fully saturated rings. The van der Waals surface area contributed by atoms with Crippen LogP contribution in [0.3, 0.4) is 0 Å². The molecule has 8 nitrogen and oxygen atoms in total. The van der Waals surface area contributed by atoms with E-state index in [1.807, 2.05) is 13.8 Å². The van der Waals surface area contributed by atoms with Crippen LogP contribution in [0.15, 0.2) is 0 Å². The van der Waals surface area contributed by atoms with Crippen molar-refractivity contribution in [1.29, 1.82) is 0 Å². The van der Waals surface area contributed by atoms with Crippen molar-refractivity contribution in [2.24, 2.45) is 17.8 Å². The second-order valence-corrected chi connectivity index (χ2v) is 6.17. The molecule has 26 heavy (non-hydrogen) atoms. The maximum absolute atomic E-state index is 11.2. The van der Waals surface area contributed by atoms with Gasteiger partial charge >= 0.3 is 17.9 Å². The molecule has 0 unspecified atom stereocenters. The van der Waals surface area contributed by atoms with Crippen molar-refractivity contribution in [2.75, 3.05) is 14.2 Å². The Morgan fingerprint density at radius 2 is 1.19 bits per heavy atom. The molecule has 0 heterocycles. The molecule has 0 bridgehead atoms. The lowest BCUT2D eigenvalue weighted by molar-refractivity contribution is -0.402. The minimum Gasteiger partial charge on any atom is -1.00 e. The van der Waals surface area contributed by atoms with Gasteiger partial charge < -0.3 is 32.7 Å². The van der Waals surface area contributed by atoms with Gasteiger partial charge in [-0.25, -0.2) is 4.79 Å². The van der Waals surface area contributed by atoms with Crippen LogP contribution in [0.1, 0.15) is 48.0 Å². The zero-order valence-corrected chi connectivity index (χ0v) is 17.8. The van der Waals surface area contributed by atoms with E-state index in [0.29, 0.717) is 0 Å². The lowest BCUT2D eigenvalue weighted by Crippen LogP contribution is -3.00. The third-order valence-corrected chi connectivity index (χ3v) is 2.85. The summed E-state index contributed by atoms with van der Waals surface area (Å²) in [6.07, 6.45) is 0.282. The highest BCUT2D eigenvalue weighted by Gasteiger charge is 2.18. The molecular formula is C17H34ClNO7. The Hall–Kier alpha value is -1.67. The summed E-state index contributed by atoms with van der Waals surface area (Å²) in [6.45, 7) is 10.3. The van der Waals surface area contributed by atoms with Crippen molar-refractivity contribution in [3.05, 3.63) is 0 Å². The molecule has 0 rings (SSSR count). The van der Waals surface area contributed by atoms with Crippen LogP contribution >= 0.6 is 0 Å². The van der Waals surface area contributed by atoms with Gasteiger partial charge in [-0.1, -0.05) is 34.6 Å². The number of quaternary nitrogens is 1. The number of ether oxygens (including phenoxy) is 2. The van der Waals surface area contributed by atoms with Crippen molar-refractivity contribution in [3.63, 3.8) is 0 Å². The molecule has 0 spiro atoms. The highest BCUT2D eigenvalue weighted by molar-refractivity contribution is 5.85. The topological polar surface area (TPSA) is 135 Å². The SMILES string of the molecule is CC(C)C(=O)O.COC(=O)[C@H](C)CC(=O)C(C)C.COC(=O)[C@H](C)[NH3+].[Cl-]. The molecule has 0 aliphatic carbocycles. The largest absolute Gasteiger partial charge is 1.00 e. The first-order chi connectivity index (χ1) is 11.3. The van der Waals surface area contributed by atoms with Gasteiger partial charge in [0.05, 0.1) is 26.1 Å². The van der Waals surface area contributed by atoms with Crippen molar-refractivity contribution in [1.82, 2.24) is 0 Å². The molecule has 0 aromatic rings. The van der Waals surface area contributed by atoms with Gasteiger partial charge in [-0.15, -0.1) is 0 Å². The van der Waals surface area contributed by atoms with Gasteiger partial charge in [0.15, 0.2) is 6.04 Å². The fourth-order valence-corrected chi connectivity index (χ4v) is 1.02. The molecule has 2 atom stereocenters. The molecule has 9 heteroatoms. The summed E-state index contributed by atoms with van der Waals surface area (Å²) in [4.78, 5) is 42.0. The molecule has 0 aliphatic rings. The van der Waals surface area contributed by atoms with E-state index in [0.717, 1.165) is 0 Å². The highest BCUT2D eigenvalue weighted by atomic mass is 35.5. The number of halogens is 1. The van der Waals surface area contributed by atoms with Crippen LogP contribution in [-0.2, 0) is 28.7 Å². The van der Waals surface area contributed by atoms with Crippen molar-refractivity contribution >= 4 is 23.7 Å². The fourth-order valence-electron chi connectivity index (χ4n) is 1.02. The van der Waals surface area contributed by atoms with Gasteiger partial charge in [-0.3, -0.25) is 14.4 Å². The zero-order chi connectivity index (χ0) is 20.7. The van der Waals surface area contributed by atoms with Crippen LogP contribution in [0, 0.1) is 17.8 Å². The highest BCUT2D eigenvalue weighted by Crippen LogP contribution is 2.09. The third-order valence-electron chi connectivity index (χ3n) is 2.85. The van der Waals surface area contributed by atoms with Crippen molar-refractivity contribution in [3.8, 4) is 0 Å². The van der Waals surface area contributed by atoms with Crippen molar-refractivity contribution in [2.45, 2.75) is 54.0 Å². The van der Waals surface area contributed by atoms with E-state index in [-0.39, 0.29) is 60.3 Å². The van der Waals surface area contributed by atoms with Gasteiger partial charge in [-0.2, -0.15) is 0 Å². The molecule has 0 amide bonds. The summed E-state index contributed by atoms with van der Waals surface area (Å²) >= 11 is 0. The number of carboxylic acid groups (broad SMARTS) is 1. The number of esters is 2. The molecular weight excluding hydrogens is 366 g/mol. The second kappa shape index (κ2) is 18.1. The number of Topliss-reactive ketones (excluding diaryl/α,β-unsaturated/α-hetero) is 1. The number of aliphatic carboxylic acids is 1. The Labute approximate surface area is 162 Å². The maximum atomic E-state index is 11.2. The van der Waals surface area contributed by atoms with E-state index >= 15 is 0 Å². The zero-order valence-electron chi connectivity index (χ0n) is 17.0. The summed E-state index contributed by atoms with van der Waals surface area (Å²) in [5.41, 5.74) is 3.43. The van der Waals surface area contributed by atoms with E-state index in [2.05, 4.69) is 15.2 Å². The van der Waals surface area contributed by atoms with Gasteiger partial charge in [0.1, 0.15) is 5.78 Å². The Morgan fingerprint density at radius 3 is 1.35 bits per heavy atom. The number of carboxylic acids is 1. The van der Waals surface area contributed by atoms with E-state index in [1.54, 1.807) is 27.7 Å². The minimum atomic E-state index is -0.741. The third kappa shape index (κ3) is 20.4. The average Bonchev–Trinajstić information content (AvgIpc) is 2.53. The summed E-state index contributed by atoms with van der Waals surface area (Å²) in [6, 6.07) is -0.245. The number of carbonyl (C=O) groups excluding carboxylic acids is 3. The number of hydrogen-bond donors (Lipinski definition) is 2. The Balaban J connectivity index is -0.000000149. The van der Waals surface area contributed by atoms with Gasteiger partial charge in [-0.05, 0) is 6.92 Å². The van der Waals surface area contributed by atoms with Crippen LogP contribution in [0.25, 0.3) is 0 Å². The first-order valence-electron chi connectivity index (χ1n) is 8.05. The van der Waals surface area contributed by atoms with Crippen LogP contribution < -0.4 is 18.1 Å². The van der Waals surface area contributed by atoms with Gasteiger partial charge in [0, 0.05) is 12.3 Å². The summed E-state index contributed by atoms with van der Waals surface area (Å²) < 4.78 is 8.81. The molecule has 4 N–H and O–H groups in total. The van der Waals surface area contributed by atoms with Gasteiger partial charge in [0.25, 0.3) is 0 Å². The molecule has 0 aromatic carbocycles. The smallest absolute Gasteiger partial charge is 0.364 e. The second-order valence-electron chi connectivity index (χ2n) is 6.17. The predicted molar refractivity (Wildman–Crippen MR) is 92.5 cm³/mol. The van der Waals surface area contributed by atoms with Crippen molar-refractivity contribution < 1.29 is 51.9 Å². The molecule has 0 aliphatic heterocycles. The Kier molecular flexibility index (Phi) is 22.3. The fraction of sp³-hybridized carbons (Fsp3) is 0.765. The standard InChI is InChI=1S/C9H16O3.C4H9NO2.C4H8O2.ClH/c1-6(2)8(10)5-7(3)9(11)12-4;1-3(5)4(6)7-2;1-3(2)4(5)6;/h6-7H,5H2,1-4H3;3H,5H2,1-2H3;3H,1-2H3,(H,5,6);1H/t7-;3-;;/m10../s1. The number of methoxy groups -OCH3 is 2. The first kappa shape index (κ1) is 32.0. The Bertz CT molecular complexity index is 423. The lowest BCUT2D eigenvalue weighted by atomic mass is 9.98. The van der Waals surface area contributed by atoms with E-state index in [9.17, 15) is 19.2 Å². The summed E-state index contributed by atoms with van der Waals surface area (Å²) in [7, 11) is 2.68.